The molecule has 2 aromatic heterocycles. The Hall–Kier alpha value is -4.34. The number of amides is 2. The van der Waals surface area contributed by atoms with Gasteiger partial charge < -0.3 is 19.2 Å². The fourth-order valence-electron chi connectivity index (χ4n) is 4.16. The standard InChI is InChI=1S/C28H33N5O5/c1-18(2)12-13-29-28(35)27(25-11-10-19(3)38-25)33(20-14-21(36-4)16-22(15-20)37-5)26(34)17-32-24-9-7-6-8-23(24)30-31-32/h6-11,14-16,18,27H,12-13,17H2,1-5H3,(H,29,35)/t27-/m0/s1. The Kier molecular flexibility index (Phi) is 8.30. The lowest BCUT2D eigenvalue weighted by Gasteiger charge is -2.30. The Labute approximate surface area is 221 Å². The second-order valence-corrected chi connectivity index (χ2v) is 9.39. The minimum absolute atomic E-state index is 0.157. The molecule has 200 valence electrons. The number of nitrogens with one attached hydrogen (secondary N) is 1. The van der Waals surface area contributed by atoms with E-state index in [1.165, 1.54) is 23.8 Å². The molecule has 1 atom stereocenters. The van der Waals surface area contributed by atoms with E-state index in [0.29, 0.717) is 52.2 Å². The number of nitrogens with zero attached hydrogens (tertiary/aromatic N) is 4. The number of ether oxygens (including phenoxy) is 2. The predicted octanol–water partition coefficient (Wildman–Crippen LogP) is 4.29. The van der Waals surface area contributed by atoms with Crippen LogP contribution < -0.4 is 19.7 Å². The smallest absolute Gasteiger partial charge is 0.251 e. The monoisotopic (exact) mass is 519 g/mol. The molecule has 2 aromatic carbocycles. The molecule has 4 aromatic rings. The highest BCUT2D eigenvalue weighted by atomic mass is 16.5. The van der Waals surface area contributed by atoms with Gasteiger partial charge in [0.05, 0.1) is 25.4 Å². The average Bonchev–Trinajstić information content (AvgIpc) is 3.52. The van der Waals surface area contributed by atoms with Crippen molar-refractivity contribution >= 4 is 28.5 Å². The molecule has 0 aliphatic heterocycles. The third-order valence-electron chi connectivity index (χ3n) is 6.15. The van der Waals surface area contributed by atoms with Gasteiger partial charge in [-0.1, -0.05) is 31.2 Å². The molecular formula is C28H33N5O5. The Balaban J connectivity index is 1.81. The summed E-state index contributed by atoms with van der Waals surface area (Å²) in [7, 11) is 3.05. The summed E-state index contributed by atoms with van der Waals surface area (Å²) in [5.74, 6) is 1.55. The van der Waals surface area contributed by atoms with E-state index < -0.39 is 11.9 Å². The van der Waals surface area contributed by atoms with Crippen molar-refractivity contribution in [1.82, 2.24) is 20.3 Å². The molecule has 0 radical (unpaired) electrons. The number of hydrogen-bond acceptors (Lipinski definition) is 7. The number of aryl methyl sites for hydroxylation is 1. The van der Waals surface area contributed by atoms with Gasteiger partial charge in [-0.3, -0.25) is 14.5 Å². The van der Waals surface area contributed by atoms with Crippen LogP contribution in [0.2, 0.25) is 0 Å². The first-order valence-electron chi connectivity index (χ1n) is 12.5. The maximum absolute atomic E-state index is 14.1. The van der Waals surface area contributed by atoms with Crippen LogP contribution in [0, 0.1) is 12.8 Å². The molecule has 38 heavy (non-hydrogen) atoms. The Morgan fingerprint density at radius 1 is 1.05 bits per heavy atom. The SMILES string of the molecule is COc1cc(OC)cc(N(C(=O)Cn2nnc3ccccc32)[C@H](C(=O)NCCC(C)C)c2ccc(C)o2)c1. The summed E-state index contributed by atoms with van der Waals surface area (Å²) in [4.78, 5) is 29.2. The zero-order valence-electron chi connectivity index (χ0n) is 22.3. The van der Waals surface area contributed by atoms with Crippen molar-refractivity contribution in [2.24, 2.45) is 5.92 Å². The number of furan rings is 1. The van der Waals surface area contributed by atoms with Crippen LogP contribution in [0.15, 0.2) is 59.0 Å². The largest absolute Gasteiger partial charge is 0.497 e. The summed E-state index contributed by atoms with van der Waals surface area (Å²) in [5.41, 5.74) is 1.78. The lowest BCUT2D eigenvalue weighted by molar-refractivity contribution is -0.127. The zero-order valence-corrected chi connectivity index (χ0v) is 22.3. The molecule has 0 aliphatic carbocycles. The summed E-state index contributed by atoms with van der Waals surface area (Å²) in [6, 6.07) is 14.8. The van der Waals surface area contributed by atoms with Crippen LogP contribution >= 0.6 is 0 Å². The van der Waals surface area contributed by atoms with Crippen molar-refractivity contribution < 1.29 is 23.5 Å². The topological polar surface area (TPSA) is 112 Å². The van der Waals surface area contributed by atoms with Crippen LogP contribution in [-0.2, 0) is 16.1 Å². The third-order valence-corrected chi connectivity index (χ3v) is 6.15. The molecule has 10 nitrogen and oxygen atoms in total. The lowest BCUT2D eigenvalue weighted by Crippen LogP contribution is -2.45. The van der Waals surface area contributed by atoms with E-state index in [0.717, 1.165) is 6.42 Å². The van der Waals surface area contributed by atoms with Crippen molar-refractivity contribution in [2.75, 3.05) is 25.7 Å². The van der Waals surface area contributed by atoms with Gasteiger partial charge in [-0.25, -0.2) is 4.68 Å². The molecule has 0 aliphatic rings. The highest BCUT2D eigenvalue weighted by Crippen LogP contribution is 2.35. The number of methoxy groups -OCH3 is 2. The quantitative estimate of drug-likeness (QED) is 0.315. The van der Waals surface area contributed by atoms with Crippen LogP contribution in [0.1, 0.15) is 37.8 Å². The number of aromatic nitrogens is 3. The summed E-state index contributed by atoms with van der Waals surface area (Å²) < 4.78 is 18.4. The van der Waals surface area contributed by atoms with E-state index in [1.54, 1.807) is 37.3 Å². The van der Waals surface area contributed by atoms with Crippen LogP contribution in [0.4, 0.5) is 5.69 Å². The number of benzene rings is 2. The first kappa shape index (κ1) is 26.7. The van der Waals surface area contributed by atoms with Gasteiger partial charge in [-0.05, 0) is 43.5 Å². The zero-order chi connectivity index (χ0) is 27.2. The fourth-order valence-corrected chi connectivity index (χ4v) is 4.16. The van der Waals surface area contributed by atoms with Gasteiger partial charge in [0, 0.05) is 24.7 Å². The normalized spacial score (nSPS) is 11.9. The van der Waals surface area contributed by atoms with Gasteiger partial charge in [0.1, 0.15) is 35.1 Å². The van der Waals surface area contributed by atoms with E-state index in [9.17, 15) is 9.59 Å². The molecule has 0 saturated heterocycles. The van der Waals surface area contributed by atoms with E-state index in [4.69, 9.17) is 13.9 Å². The maximum atomic E-state index is 14.1. The molecule has 0 fully saturated rings. The van der Waals surface area contributed by atoms with Gasteiger partial charge >= 0.3 is 0 Å². The van der Waals surface area contributed by atoms with Crippen molar-refractivity contribution in [3.05, 3.63) is 66.1 Å². The van der Waals surface area contributed by atoms with Crippen molar-refractivity contribution in [2.45, 2.75) is 39.8 Å². The third kappa shape index (κ3) is 5.96. The first-order valence-corrected chi connectivity index (χ1v) is 12.5. The van der Waals surface area contributed by atoms with E-state index in [-0.39, 0.29) is 12.5 Å². The average molecular weight is 520 g/mol. The Morgan fingerprint density at radius 2 is 1.76 bits per heavy atom. The minimum atomic E-state index is -1.09. The van der Waals surface area contributed by atoms with Gasteiger partial charge in [0.15, 0.2) is 6.04 Å². The predicted molar refractivity (Wildman–Crippen MR) is 143 cm³/mol. The molecule has 4 rings (SSSR count). The number of para-hydroxylation sites is 1. The van der Waals surface area contributed by atoms with Gasteiger partial charge in [0.25, 0.3) is 5.91 Å². The number of fused-ring (bicyclic) bond motifs is 1. The number of rotatable bonds is 11. The highest BCUT2D eigenvalue weighted by molar-refractivity contribution is 6.01. The minimum Gasteiger partial charge on any atom is -0.497 e. The number of hydrogen-bond donors (Lipinski definition) is 1. The number of anilines is 1. The summed E-state index contributed by atoms with van der Waals surface area (Å²) in [6.07, 6.45) is 0.793. The van der Waals surface area contributed by atoms with Crippen molar-refractivity contribution in [3.8, 4) is 11.5 Å². The number of carbonyl (C=O) groups is 2. The molecule has 0 saturated carbocycles. The Morgan fingerprint density at radius 3 is 2.39 bits per heavy atom. The molecule has 2 amide bonds. The summed E-state index contributed by atoms with van der Waals surface area (Å²) >= 11 is 0. The van der Waals surface area contributed by atoms with E-state index >= 15 is 0 Å². The molecule has 2 heterocycles. The van der Waals surface area contributed by atoms with Crippen LogP contribution in [0.3, 0.4) is 0 Å². The van der Waals surface area contributed by atoms with Gasteiger partial charge in [-0.2, -0.15) is 0 Å². The van der Waals surface area contributed by atoms with Gasteiger partial charge in [0.2, 0.25) is 5.91 Å². The van der Waals surface area contributed by atoms with Crippen LogP contribution in [0.5, 0.6) is 11.5 Å². The second kappa shape index (κ2) is 11.8. The van der Waals surface area contributed by atoms with E-state index in [1.807, 2.05) is 24.3 Å². The molecule has 1 N–H and O–H groups in total. The van der Waals surface area contributed by atoms with Crippen molar-refractivity contribution in [1.29, 1.82) is 0 Å². The summed E-state index contributed by atoms with van der Waals surface area (Å²) in [6.45, 7) is 6.26. The van der Waals surface area contributed by atoms with Crippen LogP contribution in [-0.4, -0.2) is 47.6 Å². The molecule has 0 bridgehead atoms. The molecule has 0 spiro atoms. The molecular weight excluding hydrogens is 486 g/mol. The highest BCUT2D eigenvalue weighted by Gasteiger charge is 2.36. The lowest BCUT2D eigenvalue weighted by atomic mass is 10.1. The number of carbonyl (C=O) groups excluding carboxylic acids is 2. The molecule has 0 unspecified atom stereocenters. The van der Waals surface area contributed by atoms with Gasteiger partial charge in [-0.15, -0.1) is 5.10 Å². The molecule has 10 heteroatoms. The van der Waals surface area contributed by atoms with Crippen LogP contribution in [0.25, 0.3) is 11.0 Å². The Bertz CT molecular complexity index is 1390. The fraction of sp³-hybridized carbons (Fsp3) is 0.357. The second-order valence-electron chi connectivity index (χ2n) is 9.39. The van der Waals surface area contributed by atoms with Crippen molar-refractivity contribution in [3.63, 3.8) is 0 Å². The van der Waals surface area contributed by atoms with E-state index in [2.05, 4.69) is 29.5 Å². The first-order chi connectivity index (χ1) is 18.3. The summed E-state index contributed by atoms with van der Waals surface area (Å²) in [5, 5.41) is 11.3. The maximum Gasteiger partial charge on any atom is 0.251 e.